The number of carbonyl (C=O) groups excluding carboxylic acids is 1. The minimum atomic E-state index is -0.198. The van der Waals surface area contributed by atoms with E-state index in [9.17, 15) is 4.79 Å². The predicted molar refractivity (Wildman–Crippen MR) is 92.9 cm³/mol. The van der Waals surface area contributed by atoms with Gasteiger partial charge in [-0.15, -0.1) is 11.3 Å². The second-order valence-electron chi connectivity index (χ2n) is 4.78. The molecule has 0 saturated carbocycles. The fourth-order valence-electron chi connectivity index (χ4n) is 2.14. The van der Waals surface area contributed by atoms with Gasteiger partial charge in [-0.3, -0.25) is 10.1 Å². The number of hydrogen-bond donors (Lipinski definition) is 1. The lowest BCUT2D eigenvalue weighted by molar-refractivity contribution is 0.102. The molecule has 0 aliphatic heterocycles. The molecule has 23 heavy (non-hydrogen) atoms. The first-order valence-corrected chi connectivity index (χ1v) is 8.49. The standard InChI is InChI=1S/C16H10N4OS2/c21-15(11-6-7-12-13(8-11)22-9-17-12)19-16-18-14(20-23-16)10-4-2-1-3-5-10/h1-9H,(H,18,19,20,21). The molecule has 2 heterocycles. The Morgan fingerprint density at radius 3 is 2.83 bits per heavy atom. The number of aromatic nitrogens is 3. The van der Waals surface area contributed by atoms with Crippen molar-refractivity contribution in [3.05, 3.63) is 59.6 Å². The quantitative estimate of drug-likeness (QED) is 0.611. The van der Waals surface area contributed by atoms with Crippen LogP contribution < -0.4 is 5.32 Å². The Morgan fingerprint density at radius 2 is 1.96 bits per heavy atom. The average molecular weight is 338 g/mol. The van der Waals surface area contributed by atoms with Crippen molar-refractivity contribution in [3.8, 4) is 11.4 Å². The third-order valence-electron chi connectivity index (χ3n) is 3.27. The average Bonchev–Trinajstić information content (AvgIpc) is 3.24. The molecule has 0 bridgehead atoms. The van der Waals surface area contributed by atoms with E-state index in [0.29, 0.717) is 16.5 Å². The minimum absolute atomic E-state index is 0.198. The number of anilines is 1. The molecule has 0 fully saturated rings. The fraction of sp³-hybridized carbons (Fsp3) is 0. The number of amides is 1. The number of hydrogen-bond acceptors (Lipinski definition) is 6. The van der Waals surface area contributed by atoms with Crippen LogP contribution in [0.25, 0.3) is 21.6 Å². The molecule has 0 aliphatic rings. The van der Waals surface area contributed by atoms with Gasteiger partial charge in [-0.25, -0.2) is 4.98 Å². The molecule has 2 aromatic carbocycles. The SMILES string of the molecule is O=C(Nc1nc(-c2ccccc2)ns1)c1ccc2ncsc2c1. The molecular formula is C16H10N4OS2. The maximum Gasteiger partial charge on any atom is 0.257 e. The molecule has 1 N–H and O–H groups in total. The molecule has 4 rings (SSSR count). The summed E-state index contributed by atoms with van der Waals surface area (Å²) in [4.78, 5) is 20.9. The van der Waals surface area contributed by atoms with Gasteiger partial charge in [-0.2, -0.15) is 9.36 Å². The Balaban J connectivity index is 1.55. The van der Waals surface area contributed by atoms with Crippen LogP contribution in [-0.2, 0) is 0 Å². The van der Waals surface area contributed by atoms with E-state index in [4.69, 9.17) is 0 Å². The highest BCUT2D eigenvalue weighted by Crippen LogP contribution is 2.22. The Bertz CT molecular complexity index is 978. The molecule has 0 spiro atoms. The highest BCUT2D eigenvalue weighted by molar-refractivity contribution is 7.16. The maximum atomic E-state index is 12.3. The van der Waals surface area contributed by atoms with Gasteiger partial charge in [0.15, 0.2) is 5.82 Å². The van der Waals surface area contributed by atoms with Crippen molar-refractivity contribution in [3.63, 3.8) is 0 Å². The fourth-order valence-corrected chi connectivity index (χ4v) is 3.45. The molecule has 0 atom stereocenters. The Labute approximate surface area is 139 Å². The number of benzene rings is 2. The summed E-state index contributed by atoms with van der Waals surface area (Å²) in [5.41, 5.74) is 4.17. The van der Waals surface area contributed by atoms with Gasteiger partial charge in [-0.05, 0) is 18.2 Å². The van der Waals surface area contributed by atoms with Gasteiger partial charge < -0.3 is 0 Å². The van der Waals surface area contributed by atoms with Crippen molar-refractivity contribution in [1.29, 1.82) is 0 Å². The van der Waals surface area contributed by atoms with Crippen molar-refractivity contribution in [1.82, 2.24) is 14.3 Å². The number of nitrogens with zero attached hydrogens (tertiary/aromatic N) is 3. The third-order valence-corrected chi connectivity index (χ3v) is 4.69. The number of nitrogens with one attached hydrogen (secondary N) is 1. The lowest BCUT2D eigenvalue weighted by atomic mass is 10.2. The van der Waals surface area contributed by atoms with Crippen LogP contribution in [0.1, 0.15) is 10.4 Å². The maximum absolute atomic E-state index is 12.3. The zero-order valence-electron chi connectivity index (χ0n) is 11.8. The first-order chi connectivity index (χ1) is 11.3. The van der Waals surface area contributed by atoms with Crippen LogP contribution in [0.4, 0.5) is 5.13 Å². The van der Waals surface area contributed by atoms with Crippen LogP contribution in [0.15, 0.2) is 54.0 Å². The zero-order valence-corrected chi connectivity index (χ0v) is 13.4. The summed E-state index contributed by atoms with van der Waals surface area (Å²) < 4.78 is 5.27. The van der Waals surface area contributed by atoms with Crippen molar-refractivity contribution in [2.24, 2.45) is 0 Å². The largest absolute Gasteiger partial charge is 0.297 e. The number of carbonyl (C=O) groups is 1. The van der Waals surface area contributed by atoms with E-state index in [0.717, 1.165) is 15.8 Å². The monoisotopic (exact) mass is 338 g/mol. The van der Waals surface area contributed by atoms with Gasteiger partial charge >= 0.3 is 0 Å². The number of rotatable bonds is 3. The molecular weight excluding hydrogens is 328 g/mol. The van der Waals surface area contributed by atoms with Crippen LogP contribution in [0.5, 0.6) is 0 Å². The van der Waals surface area contributed by atoms with Crippen molar-refractivity contribution < 1.29 is 4.79 Å². The summed E-state index contributed by atoms with van der Waals surface area (Å²) in [6.45, 7) is 0. The van der Waals surface area contributed by atoms with Crippen LogP contribution in [0.3, 0.4) is 0 Å². The first-order valence-electron chi connectivity index (χ1n) is 6.83. The van der Waals surface area contributed by atoms with E-state index in [1.54, 1.807) is 11.6 Å². The molecule has 0 unspecified atom stereocenters. The molecule has 4 aromatic rings. The van der Waals surface area contributed by atoms with Crippen LogP contribution in [-0.4, -0.2) is 20.2 Å². The molecule has 0 aliphatic carbocycles. The molecule has 7 heteroatoms. The van der Waals surface area contributed by atoms with E-state index in [1.165, 1.54) is 22.9 Å². The Hall–Kier alpha value is -2.64. The number of fused-ring (bicyclic) bond motifs is 1. The minimum Gasteiger partial charge on any atom is -0.297 e. The van der Waals surface area contributed by atoms with Crippen molar-refractivity contribution in [2.45, 2.75) is 0 Å². The van der Waals surface area contributed by atoms with E-state index >= 15 is 0 Å². The van der Waals surface area contributed by atoms with E-state index < -0.39 is 0 Å². The van der Waals surface area contributed by atoms with Crippen LogP contribution in [0.2, 0.25) is 0 Å². The summed E-state index contributed by atoms with van der Waals surface area (Å²) >= 11 is 2.68. The zero-order chi connectivity index (χ0) is 15.6. The normalized spacial score (nSPS) is 10.8. The first kappa shape index (κ1) is 14.0. The van der Waals surface area contributed by atoms with E-state index in [-0.39, 0.29) is 5.91 Å². The van der Waals surface area contributed by atoms with Crippen molar-refractivity contribution >= 4 is 44.1 Å². The topological polar surface area (TPSA) is 67.8 Å². The van der Waals surface area contributed by atoms with Gasteiger partial charge in [0.05, 0.1) is 15.7 Å². The summed E-state index contributed by atoms with van der Waals surface area (Å²) in [6, 6.07) is 15.1. The molecule has 0 saturated heterocycles. The smallest absolute Gasteiger partial charge is 0.257 e. The van der Waals surface area contributed by atoms with E-state index in [1.807, 2.05) is 42.5 Å². The molecule has 2 aromatic heterocycles. The summed E-state index contributed by atoms with van der Waals surface area (Å²) in [6.07, 6.45) is 0. The Kier molecular flexibility index (Phi) is 3.57. The second kappa shape index (κ2) is 5.86. The van der Waals surface area contributed by atoms with Crippen molar-refractivity contribution in [2.75, 3.05) is 5.32 Å². The molecule has 1 amide bonds. The second-order valence-corrected chi connectivity index (χ2v) is 6.42. The molecule has 112 valence electrons. The lowest BCUT2D eigenvalue weighted by Gasteiger charge is -2.01. The molecule has 5 nitrogen and oxygen atoms in total. The summed E-state index contributed by atoms with van der Waals surface area (Å²) in [5.74, 6) is 0.417. The summed E-state index contributed by atoms with van der Waals surface area (Å²) in [7, 11) is 0. The van der Waals surface area contributed by atoms with Gasteiger partial charge in [0.2, 0.25) is 5.13 Å². The lowest BCUT2D eigenvalue weighted by Crippen LogP contribution is -2.11. The van der Waals surface area contributed by atoms with Crippen LogP contribution >= 0.6 is 22.9 Å². The van der Waals surface area contributed by atoms with Gasteiger partial charge in [0.1, 0.15) is 0 Å². The van der Waals surface area contributed by atoms with E-state index in [2.05, 4.69) is 19.7 Å². The Morgan fingerprint density at radius 1 is 1.09 bits per heavy atom. The van der Waals surface area contributed by atoms with Gasteiger partial charge in [-0.1, -0.05) is 30.3 Å². The van der Waals surface area contributed by atoms with Gasteiger partial charge in [0, 0.05) is 22.7 Å². The highest BCUT2D eigenvalue weighted by atomic mass is 32.1. The third kappa shape index (κ3) is 2.84. The number of thiazole rings is 1. The van der Waals surface area contributed by atoms with Gasteiger partial charge in [0.25, 0.3) is 5.91 Å². The van der Waals surface area contributed by atoms with Crippen LogP contribution in [0, 0.1) is 0 Å². The summed E-state index contributed by atoms with van der Waals surface area (Å²) in [5, 5.41) is 3.28. The molecule has 0 radical (unpaired) electrons. The highest BCUT2D eigenvalue weighted by Gasteiger charge is 2.12. The predicted octanol–water partition coefficient (Wildman–Crippen LogP) is 4.07.